The molecule has 1 amide bonds. The van der Waals surface area contributed by atoms with Gasteiger partial charge in [0.2, 0.25) is 11.9 Å². The summed E-state index contributed by atoms with van der Waals surface area (Å²) in [5.74, 6) is 1.15. The molecule has 5 heteroatoms. The highest BCUT2D eigenvalue weighted by molar-refractivity contribution is 5.92. The summed E-state index contributed by atoms with van der Waals surface area (Å²) in [5, 5.41) is 3.11. The van der Waals surface area contributed by atoms with Crippen LogP contribution in [0.3, 0.4) is 0 Å². The molecule has 1 N–H and O–H groups in total. The molecule has 0 atom stereocenters. The lowest BCUT2D eigenvalue weighted by molar-refractivity contribution is -0.120. The van der Waals surface area contributed by atoms with Crippen LogP contribution >= 0.6 is 0 Å². The van der Waals surface area contributed by atoms with E-state index in [0.29, 0.717) is 0 Å². The summed E-state index contributed by atoms with van der Waals surface area (Å²) in [7, 11) is 0. The summed E-state index contributed by atoms with van der Waals surface area (Å²) in [5.41, 5.74) is 6.91. The number of aryl methyl sites for hydroxylation is 2. The van der Waals surface area contributed by atoms with Crippen molar-refractivity contribution in [2.45, 2.75) is 39.7 Å². The van der Waals surface area contributed by atoms with Gasteiger partial charge in [0.05, 0.1) is 17.6 Å². The van der Waals surface area contributed by atoms with Crippen LogP contribution in [0.2, 0.25) is 0 Å². The van der Waals surface area contributed by atoms with E-state index in [1.165, 1.54) is 16.7 Å². The van der Waals surface area contributed by atoms with Crippen molar-refractivity contribution in [3.05, 3.63) is 89.5 Å². The van der Waals surface area contributed by atoms with E-state index >= 15 is 0 Å². The highest BCUT2D eigenvalue weighted by Gasteiger charge is 2.28. The highest BCUT2D eigenvalue weighted by atomic mass is 16.1. The average Bonchev–Trinajstić information content (AvgIpc) is 3.24. The number of rotatable bonds is 6. The summed E-state index contributed by atoms with van der Waals surface area (Å²) < 4.78 is 2.33. The van der Waals surface area contributed by atoms with Crippen molar-refractivity contribution >= 4 is 28.6 Å². The van der Waals surface area contributed by atoms with E-state index in [2.05, 4.69) is 83.2 Å². The summed E-state index contributed by atoms with van der Waals surface area (Å²) in [6.07, 6.45) is 2.65. The van der Waals surface area contributed by atoms with Crippen LogP contribution in [0.1, 0.15) is 36.5 Å². The summed E-state index contributed by atoms with van der Waals surface area (Å²) >= 11 is 0. The number of para-hydroxylation sites is 2. The number of hydrogen-bond acceptors (Lipinski definition) is 3. The van der Waals surface area contributed by atoms with Crippen LogP contribution in [0, 0.1) is 12.8 Å². The third-order valence-electron chi connectivity index (χ3n) is 7.00. The van der Waals surface area contributed by atoms with Crippen LogP contribution in [0.4, 0.5) is 11.6 Å². The second-order valence-corrected chi connectivity index (χ2v) is 9.21. The third-order valence-corrected chi connectivity index (χ3v) is 7.00. The minimum atomic E-state index is 0.0243. The molecule has 3 aromatic carbocycles. The minimum absolute atomic E-state index is 0.0243. The molecule has 4 aromatic rings. The van der Waals surface area contributed by atoms with E-state index in [0.717, 1.165) is 61.6 Å². The molecule has 1 aromatic heterocycles. The van der Waals surface area contributed by atoms with Gasteiger partial charge >= 0.3 is 0 Å². The number of carbonyl (C=O) groups excluding carboxylic acids is 1. The van der Waals surface area contributed by atoms with Crippen LogP contribution in [-0.2, 0) is 17.8 Å². The number of aromatic nitrogens is 2. The Bertz CT molecular complexity index is 1280. The fourth-order valence-electron chi connectivity index (χ4n) is 4.83. The SMILES string of the molecule is CCc1ccc(NC(=O)C2CCN(c3nc4ccccc4n3Cc3ccccc3C)CC2)cc1. The van der Waals surface area contributed by atoms with E-state index in [1.54, 1.807) is 0 Å². The molecule has 174 valence electrons. The van der Waals surface area contributed by atoms with Crippen LogP contribution in [0.15, 0.2) is 72.8 Å². The van der Waals surface area contributed by atoms with Crippen LogP contribution in [-0.4, -0.2) is 28.5 Å². The first-order valence-electron chi connectivity index (χ1n) is 12.3. The van der Waals surface area contributed by atoms with Gasteiger partial charge in [-0.1, -0.05) is 55.5 Å². The Labute approximate surface area is 201 Å². The van der Waals surface area contributed by atoms with Gasteiger partial charge in [-0.15, -0.1) is 0 Å². The summed E-state index contributed by atoms with van der Waals surface area (Å²) in [6.45, 7) is 6.73. The van der Waals surface area contributed by atoms with E-state index in [1.807, 2.05) is 18.2 Å². The maximum Gasteiger partial charge on any atom is 0.227 e. The van der Waals surface area contributed by atoms with Gasteiger partial charge in [0.25, 0.3) is 0 Å². The largest absolute Gasteiger partial charge is 0.342 e. The van der Waals surface area contributed by atoms with E-state index < -0.39 is 0 Å². The van der Waals surface area contributed by atoms with Crippen LogP contribution in [0.25, 0.3) is 11.0 Å². The van der Waals surface area contributed by atoms with Gasteiger partial charge in [0.1, 0.15) is 0 Å². The molecule has 5 rings (SSSR count). The number of piperidine rings is 1. The molecule has 1 aliphatic rings. The fraction of sp³-hybridized carbons (Fsp3) is 0.310. The zero-order chi connectivity index (χ0) is 23.5. The van der Waals surface area contributed by atoms with Crippen molar-refractivity contribution in [2.24, 2.45) is 5.92 Å². The van der Waals surface area contributed by atoms with Gasteiger partial charge in [0.15, 0.2) is 0 Å². The molecule has 2 heterocycles. The van der Waals surface area contributed by atoms with E-state index in [9.17, 15) is 4.79 Å². The van der Waals surface area contributed by atoms with Crippen LogP contribution < -0.4 is 10.2 Å². The quantitative estimate of drug-likeness (QED) is 0.402. The van der Waals surface area contributed by atoms with Crippen molar-refractivity contribution in [1.82, 2.24) is 9.55 Å². The van der Waals surface area contributed by atoms with E-state index in [-0.39, 0.29) is 11.8 Å². The number of imidazole rings is 1. The van der Waals surface area contributed by atoms with Gasteiger partial charge in [-0.05, 0) is 67.1 Å². The number of nitrogens with zero attached hydrogens (tertiary/aromatic N) is 3. The molecule has 0 bridgehead atoms. The van der Waals surface area contributed by atoms with Crippen molar-refractivity contribution < 1.29 is 4.79 Å². The first kappa shape index (κ1) is 22.2. The molecule has 1 fully saturated rings. The highest BCUT2D eigenvalue weighted by Crippen LogP contribution is 2.29. The molecule has 0 radical (unpaired) electrons. The van der Waals surface area contributed by atoms with Gasteiger partial charge in [-0.25, -0.2) is 4.98 Å². The molecular weight excluding hydrogens is 420 g/mol. The van der Waals surface area contributed by atoms with Crippen molar-refractivity contribution in [3.63, 3.8) is 0 Å². The lowest BCUT2D eigenvalue weighted by atomic mass is 9.96. The van der Waals surface area contributed by atoms with Gasteiger partial charge < -0.3 is 14.8 Å². The minimum Gasteiger partial charge on any atom is -0.342 e. The second-order valence-electron chi connectivity index (χ2n) is 9.21. The van der Waals surface area contributed by atoms with E-state index in [4.69, 9.17) is 4.98 Å². The molecule has 1 saturated heterocycles. The van der Waals surface area contributed by atoms with Crippen molar-refractivity contribution in [1.29, 1.82) is 0 Å². The Kier molecular flexibility index (Phi) is 6.35. The first-order chi connectivity index (χ1) is 16.6. The average molecular weight is 453 g/mol. The molecule has 0 spiro atoms. The predicted octanol–water partition coefficient (Wildman–Crippen LogP) is 5.81. The summed E-state index contributed by atoms with van der Waals surface area (Å²) in [4.78, 5) is 20.3. The monoisotopic (exact) mass is 452 g/mol. The molecule has 1 aliphatic heterocycles. The smallest absolute Gasteiger partial charge is 0.227 e. The Hall–Kier alpha value is -3.60. The third kappa shape index (κ3) is 4.56. The lowest BCUT2D eigenvalue weighted by Gasteiger charge is -2.32. The number of benzene rings is 3. The fourth-order valence-corrected chi connectivity index (χ4v) is 4.83. The Morgan fingerprint density at radius 3 is 2.41 bits per heavy atom. The Morgan fingerprint density at radius 1 is 0.971 bits per heavy atom. The second kappa shape index (κ2) is 9.72. The van der Waals surface area contributed by atoms with Crippen LogP contribution in [0.5, 0.6) is 0 Å². The normalized spacial score (nSPS) is 14.5. The molecular formula is C29H32N4O. The predicted molar refractivity (Wildman–Crippen MR) is 139 cm³/mol. The van der Waals surface area contributed by atoms with Gasteiger partial charge in [0, 0.05) is 24.7 Å². The van der Waals surface area contributed by atoms with Gasteiger partial charge in [-0.2, -0.15) is 0 Å². The maximum absolute atomic E-state index is 12.9. The topological polar surface area (TPSA) is 50.2 Å². The first-order valence-corrected chi connectivity index (χ1v) is 12.3. The number of amides is 1. The number of nitrogens with one attached hydrogen (secondary N) is 1. The molecule has 0 unspecified atom stereocenters. The maximum atomic E-state index is 12.9. The number of anilines is 2. The number of fused-ring (bicyclic) bond motifs is 1. The standard InChI is InChI=1S/C29H32N4O/c1-3-22-12-14-25(15-13-22)30-28(34)23-16-18-32(19-17-23)29-31-26-10-6-7-11-27(26)33(29)20-24-9-5-4-8-21(24)2/h4-15,23H,3,16-20H2,1-2H3,(H,30,34). The zero-order valence-electron chi connectivity index (χ0n) is 20.0. The Morgan fingerprint density at radius 2 is 1.68 bits per heavy atom. The Balaban J connectivity index is 1.31. The molecule has 34 heavy (non-hydrogen) atoms. The molecule has 5 nitrogen and oxygen atoms in total. The number of hydrogen-bond donors (Lipinski definition) is 1. The zero-order valence-corrected chi connectivity index (χ0v) is 20.0. The lowest BCUT2D eigenvalue weighted by Crippen LogP contribution is -2.39. The molecule has 0 aliphatic carbocycles. The van der Waals surface area contributed by atoms with Gasteiger partial charge in [-0.3, -0.25) is 4.79 Å². The number of carbonyl (C=O) groups is 1. The molecule has 0 saturated carbocycles. The van der Waals surface area contributed by atoms with Crippen molar-refractivity contribution in [2.75, 3.05) is 23.3 Å². The van der Waals surface area contributed by atoms with Crippen molar-refractivity contribution in [3.8, 4) is 0 Å². The summed E-state index contributed by atoms with van der Waals surface area (Å²) in [6, 6.07) is 25.0.